The molecule has 3 aromatic rings. The van der Waals surface area contributed by atoms with E-state index in [0.717, 1.165) is 60.3 Å². The summed E-state index contributed by atoms with van der Waals surface area (Å²) in [6.07, 6.45) is 9.75. The molecule has 0 bridgehead atoms. The number of likely N-dealkylation sites (tertiary alicyclic amines) is 1. The van der Waals surface area contributed by atoms with Crippen molar-refractivity contribution in [2.24, 2.45) is 11.8 Å². The highest BCUT2D eigenvalue weighted by Gasteiger charge is 2.26. The number of methoxy groups -OCH3 is 1. The molecule has 6 rings (SSSR count). The van der Waals surface area contributed by atoms with Crippen LogP contribution in [0.5, 0.6) is 0 Å². The lowest BCUT2D eigenvalue weighted by atomic mass is 9.83. The summed E-state index contributed by atoms with van der Waals surface area (Å²) in [7, 11) is 1.46. The molecule has 1 amide bonds. The zero-order valence-corrected chi connectivity index (χ0v) is 23.0. The highest BCUT2D eigenvalue weighted by molar-refractivity contribution is 5.96. The molecule has 1 saturated heterocycles. The maximum absolute atomic E-state index is 13.5. The number of nitrogens with zero attached hydrogens (tertiary/aromatic N) is 1. The smallest absolute Gasteiger partial charge is 0.309 e. The average molecular weight is 534 g/mol. The summed E-state index contributed by atoms with van der Waals surface area (Å²) in [5.41, 5.74) is 4.03. The molecule has 0 spiro atoms. The summed E-state index contributed by atoms with van der Waals surface area (Å²) in [5, 5.41) is 4.51. The Bertz CT molecular complexity index is 1680. The van der Waals surface area contributed by atoms with E-state index in [4.69, 9.17) is 4.74 Å². The van der Waals surface area contributed by atoms with E-state index in [1.165, 1.54) is 28.7 Å². The number of rotatable bonds is 6. The highest BCUT2D eigenvalue weighted by Crippen LogP contribution is 2.25. The number of amides is 1. The number of Topliss-reactive ketones (excluding diaryl/α,β-unsaturated/α-hetero) is 1. The molecule has 1 aliphatic heterocycles. The predicted octanol–water partition coefficient (Wildman–Crippen LogP) is 4.34. The topological polar surface area (TPSA) is 63.7 Å². The molecule has 0 N–H and O–H groups in total. The Morgan fingerprint density at radius 1 is 0.875 bits per heavy atom. The monoisotopic (exact) mass is 533 g/mol. The number of ether oxygens (including phenoxy) is 1. The summed E-state index contributed by atoms with van der Waals surface area (Å²) in [6.45, 7) is 1.49. The first-order valence-electron chi connectivity index (χ1n) is 14.4. The Morgan fingerprint density at radius 3 is 2.45 bits per heavy atom. The molecule has 3 aliphatic rings. The normalized spacial score (nSPS) is 17.9. The summed E-state index contributed by atoms with van der Waals surface area (Å²) in [5.74, 6) is 0.458. The molecule has 40 heavy (non-hydrogen) atoms. The number of benzene rings is 3. The van der Waals surface area contributed by atoms with Gasteiger partial charge in [-0.3, -0.25) is 14.4 Å². The van der Waals surface area contributed by atoms with Crippen LogP contribution >= 0.6 is 0 Å². The largest absolute Gasteiger partial charge is 0.469 e. The van der Waals surface area contributed by atoms with Crippen LogP contribution < -0.4 is 10.4 Å². The number of esters is 1. The number of hydrogen-bond acceptors (Lipinski definition) is 4. The van der Waals surface area contributed by atoms with E-state index in [-0.39, 0.29) is 23.6 Å². The van der Waals surface area contributed by atoms with Crippen molar-refractivity contribution in [3.63, 3.8) is 0 Å². The van der Waals surface area contributed by atoms with Gasteiger partial charge in [0.1, 0.15) is 0 Å². The predicted molar refractivity (Wildman–Crippen MR) is 155 cm³/mol. The van der Waals surface area contributed by atoms with Crippen LogP contribution in [0.4, 0.5) is 0 Å². The van der Waals surface area contributed by atoms with Gasteiger partial charge in [-0.15, -0.1) is 0 Å². The Balaban J connectivity index is 1.17. The molecule has 5 nitrogen and oxygen atoms in total. The summed E-state index contributed by atoms with van der Waals surface area (Å²) in [6, 6.07) is 19.9. The Morgan fingerprint density at radius 2 is 1.68 bits per heavy atom. The molecule has 0 saturated carbocycles. The lowest BCUT2D eigenvalue weighted by molar-refractivity contribution is -0.145. The fourth-order valence-corrected chi connectivity index (χ4v) is 6.70. The quantitative estimate of drug-likeness (QED) is 0.349. The Labute approximate surface area is 234 Å². The van der Waals surface area contributed by atoms with Crippen LogP contribution in [0.3, 0.4) is 0 Å². The van der Waals surface area contributed by atoms with Gasteiger partial charge in [-0.2, -0.15) is 0 Å². The Hall–Kier alpha value is -3.99. The second-order valence-corrected chi connectivity index (χ2v) is 11.3. The molecule has 1 atom stereocenters. The zero-order valence-electron chi connectivity index (χ0n) is 23.0. The van der Waals surface area contributed by atoms with E-state index in [9.17, 15) is 14.4 Å². The van der Waals surface area contributed by atoms with Crippen molar-refractivity contribution in [3.8, 4) is 0 Å². The van der Waals surface area contributed by atoms with E-state index in [0.29, 0.717) is 25.2 Å². The van der Waals surface area contributed by atoms with Crippen LogP contribution in [0.15, 0.2) is 60.7 Å². The van der Waals surface area contributed by atoms with Gasteiger partial charge in [0.25, 0.3) is 5.91 Å². The van der Waals surface area contributed by atoms with Gasteiger partial charge >= 0.3 is 5.97 Å². The average Bonchev–Trinajstić information content (AvgIpc) is 3.02. The van der Waals surface area contributed by atoms with Gasteiger partial charge in [-0.25, -0.2) is 0 Å². The fourth-order valence-electron chi connectivity index (χ4n) is 6.70. The third-order valence-electron chi connectivity index (χ3n) is 8.98. The molecule has 5 heteroatoms. The lowest BCUT2D eigenvalue weighted by Crippen LogP contribution is -2.38. The van der Waals surface area contributed by atoms with Crippen LogP contribution in [-0.2, 0) is 22.4 Å². The first-order valence-corrected chi connectivity index (χ1v) is 14.4. The molecule has 1 fully saturated rings. The van der Waals surface area contributed by atoms with Crippen LogP contribution in [0, 0.1) is 22.3 Å². The third kappa shape index (κ3) is 5.01. The first kappa shape index (κ1) is 26.2. The minimum atomic E-state index is -0.152. The molecule has 3 aromatic carbocycles. The van der Waals surface area contributed by atoms with Crippen molar-refractivity contribution in [2.75, 3.05) is 20.2 Å². The maximum Gasteiger partial charge on any atom is 0.309 e. The molecule has 2 aliphatic carbocycles. The van der Waals surface area contributed by atoms with E-state index in [2.05, 4.69) is 30.4 Å². The van der Waals surface area contributed by atoms with Gasteiger partial charge < -0.3 is 9.64 Å². The molecule has 1 heterocycles. The second kappa shape index (κ2) is 11.2. The number of carbonyl (C=O) groups is 3. The molecular formula is C35H35NO4. The van der Waals surface area contributed by atoms with Crippen LogP contribution in [0.25, 0.3) is 12.2 Å². The summed E-state index contributed by atoms with van der Waals surface area (Å²) >= 11 is 0. The maximum atomic E-state index is 13.5. The summed E-state index contributed by atoms with van der Waals surface area (Å²) < 4.78 is 5.03. The van der Waals surface area contributed by atoms with E-state index >= 15 is 0 Å². The van der Waals surface area contributed by atoms with Gasteiger partial charge in [0, 0.05) is 30.6 Å². The number of piperidine rings is 1. The highest BCUT2D eigenvalue weighted by atomic mass is 16.5. The molecular weight excluding hydrogens is 498 g/mol. The number of carbonyl (C=O) groups excluding carboxylic acids is 3. The SMILES string of the molecule is COC(=O)C1CC=c2ccc3c(c2C1)CC=c1c(C(=O)CCC2CCN(C(=O)c4ccccc4)CC2)cccc1=3. The van der Waals surface area contributed by atoms with Gasteiger partial charge in [0.2, 0.25) is 0 Å². The molecule has 1 unspecified atom stereocenters. The number of fused-ring (bicyclic) bond motifs is 4. The molecule has 0 radical (unpaired) electrons. The molecule has 204 valence electrons. The van der Waals surface area contributed by atoms with Gasteiger partial charge in [0.15, 0.2) is 5.78 Å². The summed E-state index contributed by atoms with van der Waals surface area (Å²) in [4.78, 5) is 40.4. The van der Waals surface area contributed by atoms with Crippen molar-refractivity contribution in [3.05, 3.63) is 104 Å². The zero-order chi connectivity index (χ0) is 27.6. The van der Waals surface area contributed by atoms with Crippen molar-refractivity contribution in [1.82, 2.24) is 4.90 Å². The third-order valence-corrected chi connectivity index (χ3v) is 8.98. The molecule has 0 aromatic heterocycles. The number of hydrogen-bond donors (Lipinski definition) is 0. The number of ketones is 1. The fraction of sp³-hybridized carbons (Fsp3) is 0.343. The van der Waals surface area contributed by atoms with Crippen molar-refractivity contribution in [2.45, 2.75) is 44.9 Å². The van der Waals surface area contributed by atoms with E-state index in [1.807, 2.05) is 47.4 Å². The minimum absolute atomic E-state index is 0.0989. The van der Waals surface area contributed by atoms with Crippen molar-refractivity contribution < 1.29 is 19.1 Å². The van der Waals surface area contributed by atoms with Gasteiger partial charge in [-0.1, -0.05) is 60.7 Å². The van der Waals surface area contributed by atoms with Crippen molar-refractivity contribution in [1.29, 1.82) is 0 Å². The van der Waals surface area contributed by atoms with Crippen LogP contribution in [-0.4, -0.2) is 42.8 Å². The van der Waals surface area contributed by atoms with Gasteiger partial charge in [-0.05, 0) is 88.6 Å². The lowest BCUT2D eigenvalue weighted by Gasteiger charge is -2.32. The van der Waals surface area contributed by atoms with Crippen LogP contribution in [0.2, 0.25) is 0 Å². The van der Waals surface area contributed by atoms with Crippen molar-refractivity contribution >= 4 is 29.8 Å². The van der Waals surface area contributed by atoms with E-state index < -0.39 is 0 Å². The van der Waals surface area contributed by atoms with Gasteiger partial charge in [0.05, 0.1) is 13.0 Å². The second-order valence-electron chi connectivity index (χ2n) is 11.3. The Kier molecular flexibility index (Phi) is 7.38. The van der Waals surface area contributed by atoms with Crippen LogP contribution in [0.1, 0.15) is 63.9 Å². The minimum Gasteiger partial charge on any atom is -0.469 e. The standard InChI is InChI=1S/C35H35NO4/c1-40-35(39)26-12-11-24-13-14-28-27-8-5-9-31(29(27)15-16-30(28)32(24)22-26)33(37)17-10-23-18-20-36(21-19-23)34(38)25-6-3-2-4-7-25/h2-9,11,13-15,23,26H,10,12,16-22H2,1H3. The van der Waals surface area contributed by atoms with E-state index in [1.54, 1.807) is 0 Å². The first-order chi connectivity index (χ1) is 19.5.